The molecule has 0 saturated heterocycles. The monoisotopic (exact) mass is 198 g/mol. The Morgan fingerprint density at radius 3 is 2.86 bits per heavy atom. The normalized spacial score (nSPS) is 16.9. The Kier molecular flexibility index (Phi) is 3.50. The van der Waals surface area contributed by atoms with E-state index in [-0.39, 0.29) is 17.9 Å². The molecule has 2 N–H and O–H groups in total. The lowest BCUT2D eigenvalue weighted by Crippen LogP contribution is -2.27. The van der Waals surface area contributed by atoms with E-state index in [1.807, 2.05) is 0 Å². The standard InChI is InChI=1S/C9H14N2O3/c1-3-14-9(13)7(6(2)12)8-10-4-5-11-8/h12H,3-5H2,1-2H3,(H,10,11). The van der Waals surface area contributed by atoms with Crippen molar-refractivity contribution in [3.63, 3.8) is 0 Å². The van der Waals surface area contributed by atoms with Gasteiger partial charge in [-0.2, -0.15) is 0 Å². The fourth-order valence-electron chi connectivity index (χ4n) is 1.18. The lowest BCUT2D eigenvalue weighted by molar-refractivity contribution is -0.138. The van der Waals surface area contributed by atoms with E-state index in [1.54, 1.807) is 6.92 Å². The Morgan fingerprint density at radius 2 is 2.43 bits per heavy atom. The van der Waals surface area contributed by atoms with Crippen LogP contribution < -0.4 is 5.32 Å². The van der Waals surface area contributed by atoms with Crippen LogP contribution in [0.15, 0.2) is 16.3 Å². The molecule has 0 aromatic carbocycles. The second-order valence-corrected chi connectivity index (χ2v) is 2.84. The average Bonchev–Trinajstić information content (AvgIpc) is 2.57. The fourth-order valence-corrected chi connectivity index (χ4v) is 1.18. The number of carbonyl (C=O) groups is 1. The van der Waals surface area contributed by atoms with Crippen molar-refractivity contribution in [2.24, 2.45) is 4.99 Å². The van der Waals surface area contributed by atoms with Gasteiger partial charge in [0.25, 0.3) is 0 Å². The highest BCUT2D eigenvalue weighted by atomic mass is 16.5. The predicted octanol–water partition coefficient (Wildman–Crippen LogP) is 0.383. The minimum Gasteiger partial charge on any atom is -0.512 e. The van der Waals surface area contributed by atoms with E-state index in [0.717, 1.165) is 0 Å². The number of hydrogen-bond acceptors (Lipinski definition) is 5. The molecule has 0 radical (unpaired) electrons. The number of ether oxygens (including phenoxy) is 1. The summed E-state index contributed by atoms with van der Waals surface area (Å²) >= 11 is 0. The first kappa shape index (κ1) is 10.6. The highest BCUT2D eigenvalue weighted by Gasteiger charge is 2.22. The van der Waals surface area contributed by atoms with Crippen LogP contribution in [0, 0.1) is 0 Å². The van der Waals surface area contributed by atoms with Gasteiger partial charge in [0, 0.05) is 6.54 Å². The summed E-state index contributed by atoms with van der Waals surface area (Å²) in [6.07, 6.45) is 0. The highest BCUT2D eigenvalue weighted by molar-refractivity contribution is 6.19. The molecule has 0 amide bonds. The van der Waals surface area contributed by atoms with Crippen molar-refractivity contribution in [1.29, 1.82) is 0 Å². The van der Waals surface area contributed by atoms with Crippen molar-refractivity contribution in [3.05, 3.63) is 11.3 Å². The molecule has 0 saturated carbocycles. The number of carbonyl (C=O) groups excluding carboxylic acids is 1. The Hall–Kier alpha value is -1.52. The van der Waals surface area contributed by atoms with Gasteiger partial charge < -0.3 is 15.2 Å². The van der Waals surface area contributed by atoms with Crippen LogP contribution in [-0.4, -0.2) is 36.6 Å². The third kappa shape index (κ3) is 2.25. The lowest BCUT2D eigenvalue weighted by atomic mass is 10.2. The van der Waals surface area contributed by atoms with E-state index >= 15 is 0 Å². The third-order valence-corrected chi connectivity index (χ3v) is 1.75. The van der Waals surface area contributed by atoms with Crippen LogP contribution in [0.2, 0.25) is 0 Å². The SMILES string of the molecule is CCOC(=O)C(C1=NCCN1)=C(C)O. The Balaban J connectivity index is 2.86. The van der Waals surface area contributed by atoms with Crippen LogP contribution >= 0.6 is 0 Å². The van der Waals surface area contributed by atoms with E-state index in [9.17, 15) is 9.90 Å². The first-order valence-electron chi connectivity index (χ1n) is 4.52. The first-order chi connectivity index (χ1) is 6.66. The second-order valence-electron chi connectivity index (χ2n) is 2.84. The van der Waals surface area contributed by atoms with Gasteiger partial charge in [0.2, 0.25) is 0 Å². The number of aliphatic imine (C=N–C) groups is 1. The number of esters is 1. The van der Waals surface area contributed by atoms with E-state index in [2.05, 4.69) is 10.3 Å². The number of amidine groups is 1. The van der Waals surface area contributed by atoms with Crippen molar-refractivity contribution in [2.75, 3.05) is 19.7 Å². The van der Waals surface area contributed by atoms with Crippen LogP contribution in [0.1, 0.15) is 13.8 Å². The topological polar surface area (TPSA) is 70.9 Å². The number of nitrogens with zero attached hydrogens (tertiary/aromatic N) is 1. The van der Waals surface area contributed by atoms with Gasteiger partial charge in [0.1, 0.15) is 17.2 Å². The average molecular weight is 198 g/mol. The molecule has 0 spiro atoms. The largest absolute Gasteiger partial charge is 0.512 e. The molecular formula is C9H14N2O3. The smallest absolute Gasteiger partial charge is 0.345 e. The maximum atomic E-state index is 11.4. The summed E-state index contributed by atoms with van der Waals surface area (Å²) in [6, 6.07) is 0. The first-order valence-corrected chi connectivity index (χ1v) is 4.52. The van der Waals surface area contributed by atoms with Crippen LogP contribution in [0.3, 0.4) is 0 Å². The molecule has 5 nitrogen and oxygen atoms in total. The summed E-state index contributed by atoms with van der Waals surface area (Å²) in [5.74, 6) is -0.194. The molecule has 5 heteroatoms. The molecule has 1 aliphatic heterocycles. The minimum absolute atomic E-state index is 0.0726. The summed E-state index contributed by atoms with van der Waals surface area (Å²) < 4.78 is 4.80. The van der Waals surface area contributed by atoms with Gasteiger partial charge in [-0.3, -0.25) is 4.99 Å². The molecule has 0 unspecified atom stereocenters. The van der Waals surface area contributed by atoms with Crippen LogP contribution in [-0.2, 0) is 9.53 Å². The van der Waals surface area contributed by atoms with Gasteiger partial charge in [-0.25, -0.2) is 4.79 Å². The van der Waals surface area contributed by atoms with E-state index in [4.69, 9.17) is 4.74 Å². The number of allylic oxidation sites excluding steroid dienone is 1. The number of nitrogens with one attached hydrogen (secondary N) is 1. The Bertz CT molecular complexity index is 290. The molecule has 1 heterocycles. The molecule has 78 valence electrons. The van der Waals surface area contributed by atoms with Crippen molar-refractivity contribution in [3.8, 4) is 0 Å². The molecular weight excluding hydrogens is 184 g/mol. The summed E-state index contributed by atoms with van der Waals surface area (Å²) in [5.41, 5.74) is 0.129. The number of rotatable bonds is 3. The molecule has 0 aliphatic carbocycles. The molecule has 0 aromatic heterocycles. The molecule has 0 atom stereocenters. The van der Waals surface area contributed by atoms with Crippen LogP contribution in [0.5, 0.6) is 0 Å². The fraction of sp³-hybridized carbons (Fsp3) is 0.556. The maximum absolute atomic E-state index is 11.4. The quantitative estimate of drug-likeness (QED) is 0.391. The van der Waals surface area contributed by atoms with Gasteiger partial charge in [-0.1, -0.05) is 0 Å². The third-order valence-electron chi connectivity index (χ3n) is 1.75. The van der Waals surface area contributed by atoms with Crippen molar-refractivity contribution in [2.45, 2.75) is 13.8 Å². The summed E-state index contributed by atoms with van der Waals surface area (Å²) in [6.45, 7) is 4.74. The highest BCUT2D eigenvalue weighted by Crippen LogP contribution is 2.07. The van der Waals surface area contributed by atoms with E-state index in [0.29, 0.717) is 18.9 Å². The lowest BCUT2D eigenvalue weighted by Gasteiger charge is -2.07. The van der Waals surface area contributed by atoms with Crippen LogP contribution in [0.4, 0.5) is 0 Å². The molecule has 0 fully saturated rings. The summed E-state index contributed by atoms with van der Waals surface area (Å²) in [4.78, 5) is 15.5. The number of hydrogen-bond donors (Lipinski definition) is 2. The van der Waals surface area contributed by atoms with Crippen molar-refractivity contribution >= 4 is 11.8 Å². The van der Waals surface area contributed by atoms with Gasteiger partial charge in [0.15, 0.2) is 0 Å². The van der Waals surface area contributed by atoms with Crippen molar-refractivity contribution in [1.82, 2.24) is 5.32 Å². The number of aliphatic hydroxyl groups is 1. The zero-order valence-electron chi connectivity index (χ0n) is 8.33. The maximum Gasteiger partial charge on any atom is 0.345 e. The van der Waals surface area contributed by atoms with Crippen LogP contribution in [0.25, 0.3) is 0 Å². The summed E-state index contributed by atoms with van der Waals surface area (Å²) in [7, 11) is 0. The van der Waals surface area contributed by atoms with E-state index < -0.39 is 5.97 Å². The summed E-state index contributed by atoms with van der Waals surface area (Å²) in [5, 5.41) is 12.2. The van der Waals surface area contributed by atoms with E-state index in [1.165, 1.54) is 6.92 Å². The predicted molar refractivity (Wildman–Crippen MR) is 52.3 cm³/mol. The molecule has 0 aromatic rings. The Morgan fingerprint density at radius 1 is 1.71 bits per heavy atom. The zero-order valence-corrected chi connectivity index (χ0v) is 8.33. The minimum atomic E-state index is -0.541. The zero-order chi connectivity index (χ0) is 10.6. The molecule has 1 aliphatic rings. The number of aliphatic hydroxyl groups excluding tert-OH is 1. The van der Waals surface area contributed by atoms with Gasteiger partial charge in [-0.05, 0) is 13.8 Å². The molecule has 0 bridgehead atoms. The molecule has 14 heavy (non-hydrogen) atoms. The van der Waals surface area contributed by atoms with Gasteiger partial charge in [0.05, 0.1) is 13.2 Å². The molecule has 1 rings (SSSR count). The van der Waals surface area contributed by atoms with Crippen molar-refractivity contribution < 1.29 is 14.6 Å². The van der Waals surface area contributed by atoms with Gasteiger partial charge in [-0.15, -0.1) is 0 Å². The second kappa shape index (κ2) is 4.64. The Labute approximate surface area is 82.5 Å². The van der Waals surface area contributed by atoms with Gasteiger partial charge >= 0.3 is 5.97 Å².